The van der Waals surface area contributed by atoms with Crippen LogP contribution in [0.3, 0.4) is 0 Å². The molecule has 2 N–H and O–H groups in total. The van der Waals surface area contributed by atoms with Crippen molar-refractivity contribution in [2.75, 3.05) is 26.6 Å². The summed E-state index contributed by atoms with van der Waals surface area (Å²) in [6.07, 6.45) is 2.83. The van der Waals surface area contributed by atoms with Crippen molar-refractivity contribution in [2.45, 2.75) is 0 Å². The number of rotatable bonds is 8. The molecular formula is C19H19NO6. The third-order valence-corrected chi connectivity index (χ3v) is 3.57. The van der Waals surface area contributed by atoms with Crippen LogP contribution in [-0.4, -0.2) is 38.2 Å². The van der Waals surface area contributed by atoms with Crippen molar-refractivity contribution in [2.24, 2.45) is 0 Å². The van der Waals surface area contributed by atoms with Crippen LogP contribution in [0.1, 0.15) is 20.7 Å². The first kappa shape index (κ1) is 18.9. The van der Waals surface area contributed by atoms with Crippen molar-refractivity contribution >= 4 is 17.4 Å². The molecule has 0 heterocycles. The minimum Gasteiger partial charge on any atom is -0.493 e. The molecule has 0 aromatic heterocycles. The lowest BCUT2D eigenvalue weighted by Gasteiger charge is -2.13. The Hall–Kier alpha value is -3.48. The van der Waals surface area contributed by atoms with Gasteiger partial charge in [-0.05, 0) is 36.4 Å². The standard InChI is InChI=1S/C19H19NO6/c1-24-16-10-13(11-17(25-2)18(16)26-3)15(21)8-9-20-14-6-4-12(5-7-14)19(22)23/h4-11,20H,1-3H3,(H,22,23). The summed E-state index contributed by atoms with van der Waals surface area (Å²) in [5, 5.41) is 11.8. The van der Waals surface area contributed by atoms with Crippen LogP contribution in [0.5, 0.6) is 17.2 Å². The first-order valence-electron chi connectivity index (χ1n) is 7.61. The van der Waals surface area contributed by atoms with E-state index in [4.69, 9.17) is 19.3 Å². The molecular weight excluding hydrogens is 338 g/mol. The Morgan fingerprint density at radius 1 is 0.923 bits per heavy atom. The Kier molecular flexibility index (Phi) is 6.21. The van der Waals surface area contributed by atoms with E-state index in [0.29, 0.717) is 28.5 Å². The monoisotopic (exact) mass is 357 g/mol. The van der Waals surface area contributed by atoms with Crippen molar-refractivity contribution in [1.82, 2.24) is 0 Å². The van der Waals surface area contributed by atoms with Gasteiger partial charge in [0.15, 0.2) is 17.3 Å². The Balaban J connectivity index is 2.13. The van der Waals surface area contributed by atoms with Gasteiger partial charge in [0.1, 0.15) is 0 Å². The van der Waals surface area contributed by atoms with E-state index in [2.05, 4.69) is 5.32 Å². The number of carboxylic acids is 1. The zero-order valence-electron chi connectivity index (χ0n) is 14.6. The number of ether oxygens (including phenoxy) is 3. The normalized spacial score (nSPS) is 10.4. The van der Waals surface area contributed by atoms with E-state index >= 15 is 0 Å². The maximum absolute atomic E-state index is 12.4. The number of aromatic carboxylic acids is 1. The molecule has 0 fully saturated rings. The number of benzene rings is 2. The van der Waals surface area contributed by atoms with Crippen LogP contribution in [0.2, 0.25) is 0 Å². The molecule has 0 amide bonds. The molecule has 2 aromatic carbocycles. The third-order valence-electron chi connectivity index (χ3n) is 3.57. The number of anilines is 1. The highest BCUT2D eigenvalue weighted by Crippen LogP contribution is 2.38. The highest BCUT2D eigenvalue weighted by Gasteiger charge is 2.15. The van der Waals surface area contributed by atoms with Crippen LogP contribution in [0, 0.1) is 0 Å². The van der Waals surface area contributed by atoms with Gasteiger partial charge in [-0.1, -0.05) is 0 Å². The number of ketones is 1. The summed E-state index contributed by atoms with van der Waals surface area (Å²) < 4.78 is 15.7. The van der Waals surface area contributed by atoms with E-state index in [0.717, 1.165) is 0 Å². The predicted octanol–water partition coefficient (Wildman–Crippen LogP) is 3.22. The number of allylic oxidation sites excluding steroid dienone is 1. The predicted molar refractivity (Wildman–Crippen MR) is 96.6 cm³/mol. The van der Waals surface area contributed by atoms with E-state index in [1.54, 1.807) is 24.3 Å². The number of methoxy groups -OCH3 is 3. The zero-order valence-corrected chi connectivity index (χ0v) is 14.6. The molecule has 0 saturated heterocycles. The highest BCUT2D eigenvalue weighted by molar-refractivity contribution is 6.05. The van der Waals surface area contributed by atoms with Crippen LogP contribution in [-0.2, 0) is 0 Å². The second-order valence-corrected chi connectivity index (χ2v) is 5.14. The van der Waals surface area contributed by atoms with Gasteiger partial charge in [0.2, 0.25) is 5.75 Å². The van der Waals surface area contributed by atoms with Gasteiger partial charge in [0.05, 0.1) is 26.9 Å². The first-order valence-corrected chi connectivity index (χ1v) is 7.61. The van der Waals surface area contributed by atoms with Gasteiger partial charge in [0.25, 0.3) is 0 Å². The molecule has 2 aromatic rings. The number of hydrogen-bond donors (Lipinski definition) is 2. The lowest BCUT2D eigenvalue weighted by molar-refractivity contribution is 0.0696. The summed E-state index contributed by atoms with van der Waals surface area (Å²) >= 11 is 0. The fourth-order valence-electron chi connectivity index (χ4n) is 2.24. The average Bonchev–Trinajstić information content (AvgIpc) is 2.66. The van der Waals surface area contributed by atoms with Gasteiger partial charge < -0.3 is 24.6 Å². The van der Waals surface area contributed by atoms with Crippen LogP contribution in [0.25, 0.3) is 0 Å². The van der Waals surface area contributed by atoms with E-state index < -0.39 is 5.97 Å². The molecule has 2 rings (SSSR count). The molecule has 0 radical (unpaired) electrons. The van der Waals surface area contributed by atoms with Gasteiger partial charge in [-0.2, -0.15) is 0 Å². The molecule has 0 bridgehead atoms. The van der Waals surface area contributed by atoms with Crippen LogP contribution in [0.4, 0.5) is 5.69 Å². The number of carbonyl (C=O) groups is 2. The van der Waals surface area contributed by atoms with Crippen LogP contribution in [0.15, 0.2) is 48.7 Å². The quantitative estimate of drug-likeness (QED) is 0.553. The van der Waals surface area contributed by atoms with Gasteiger partial charge in [-0.25, -0.2) is 4.79 Å². The molecule has 26 heavy (non-hydrogen) atoms. The second-order valence-electron chi connectivity index (χ2n) is 5.14. The molecule has 0 atom stereocenters. The summed E-state index contributed by atoms with van der Waals surface area (Å²) in [7, 11) is 4.44. The van der Waals surface area contributed by atoms with E-state index in [9.17, 15) is 9.59 Å². The zero-order chi connectivity index (χ0) is 19.1. The lowest BCUT2D eigenvalue weighted by atomic mass is 10.1. The maximum atomic E-state index is 12.4. The van der Waals surface area contributed by atoms with Gasteiger partial charge in [-0.3, -0.25) is 4.79 Å². The summed E-state index contributed by atoms with van der Waals surface area (Å²) in [6.45, 7) is 0. The van der Waals surface area contributed by atoms with Gasteiger partial charge in [-0.15, -0.1) is 0 Å². The fraction of sp³-hybridized carbons (Fsp3) is 0.158. The van der Waals surface area contributed by atoms with Crippen LogP contribution >= 0.6 is 0 Å². The lowest BCUT2D eigenvalue weighted by Crippen LogP contribution is -2.01. The molecule has 0 spiro atoms. The summed E-state index contributed by atoms with van der Waals surface area (Å²) in [5.41, 5.74) is 1.22. The van der Waals surface area contributed by atoms with Crippen molar-refractivity contribution in [1.29, 1.82) is 0 Å². The van der Waals surface area contributed by atoms with Crippen molar-refractivity contribution in [3.63, 3.8) is 0 Å². The average molecular weight is 357 g/mol. The van der Waals surface area contributed by atoms with Gasteiger partial charge >= 0.3 is 5.97 Å². The number of carbonyl (C=O) groups excluding carboxylic acids is 1. The van der Waals surface area contributed by atoms with E-state index in [1.807, 2.05) is 0 Å². The van der Waals surface area contributed by atoms with Crippen molar-refractivity contribution in [3.8, 4) is 17.2 Å². The topological polar surface area (TPSA) is 94.1 Å². The maximum Gasteiger partial charge on any atom is 0.335 e. The number of carboxylic acid groups (broad SMARTS) is 1. The molecule has 7 nitrogen and oxygen atoms in total. The fourth-order valence-corrected chi connectivity index (χ4v) is 2.24. The smallest absolute Gasteiger partial charge is 0.335 e. The van der Waals surface area contributed by atoms with E-state index in [-0.39, 0.29) is 11.3 Å². The van der Waals surface area contributed by atoms with Crippen molar-refractivity contribution < 1.29 is 28.9 Å². The second kappa shape index (κ2) is 8.57. The van der Waals surface area contributed by atoms with Gasteiger partial charge in [0, 0.05) is 23.5 Å². The Bertz CT molecular complexity index is 801. The number of hydrogen-bond acceptors (Lipinski definition) is 6. The molecule has 0 aliphatic heterocycles. The molecule has 0 unspecified atom stereocenters. The Morgan fingerprint density at radius 3 is 1.96 bits per heavy atom. The highest BCUT2D eigenvalue weighted by atomic mass is 16.5. The third kappa shape index (κ3) is 4.32. The molecule has 0 aliphatic rings. The van der Waals surface area contributed by atoms with E-state index in [1.165, 1.54) is 45.7 Å². The summed E-state index contributed by atoms with van der Waals surface area (Å²) in [4.78, 5) is 23.2. The first-order chi connectivity index (χ1) is 12.5. The summed E-state index contributed by atoms with van der Waals surface area (Å²) in [6, 6.07) is 9.29. The molecule has 7 heteroatoms. The Labute approximate surface area is 150 Å². The molecule has 136 valence electrons. The SMILES string of the molecule is COc1cc(C(=O)C=CNc2ccc(C(=O)O)cc2)cc(OC)c1OC. The minimum absolute atomic E-state index is 0.188. The minimum atomic E-state index is -0.996. The van der Waals surface area contributed by atoms with Crippen molar-refractivity contribution in [3.05, 3.63) is 59.8 Å². The molecule has 0 aliphatic carbocycles. The number of nitrogens with one attached hydrogen (secondary N) is 1. The summed E-state index contributed by atoms with van der Waals surface area (Å²) in [5.74, 6) is -0.0719. The largest absolute Gasteiger partial charge is 0.493 e. The Morgan fingerprint density at radius 2 is 1.50 bits per heavy atom. The molecule has 0 saturated carbocycles. The van der Waals surface area contributed by atoms with Crippen LogP contribution < -0.4 is 19.5 Å².